The molecule has 0 radical (unpaired) electrons. The Morgan fingerprint density at radius 1 is 1.47 bits per heavy atom. The van der Waals surface area contributed by atoms with Crippen LogP contribution in [0.1, 0.15) is 23.5 Å². The van der Waals surface area contributed by atoms with Gasteiger partial charge in [0.05, 0.1) is 9.80 Å². The highest BCUT2D eigenvalue weighted by Crippen LogP contribution is 2.23. The Morgan fingerprint density at radius 3 is 2.71 bits per heavy atom. The van der Waals surface area contributed by atoms with E-state index in [0.717, 1.165) is 11.3 Å². The summed E-state index contributed by atoms with van der Waals surface area (Å²) in [5.41, 5.74) is 0. The van der Waals surface area contributed by atoms with Gasteiger partial charge in [0.1, 0.15) is 0 Å². The first-order chi connectivity index (χ1) is 8.00. The van der Waals surface area contributed by atoms with Crippen LogP contribution in [0, 0.1) is 10.1 Å². The second kappa shape index (κ2) is 6.31. The van der Waals surface area contributed by atoms with E-state index in [9.17, 15) is 14.9 Å². The van der Waals surface area contributed by atoms with Gasteiger partial charge in [-0.3, -0.25) is 14.9 Å². The summed E-state index contributed by atoms with van der Waals surface area (Å²) in [4.78, 5) is 21.9. The van der Waals surface area contributed by atoms with Gasteiger partial charge in [0.25, 0.3) is 5.91 Å². The average molecular weight is 257 g/mol. The third-order valence-electron chi connectivity index (χ3n) is 1.96. The van der Waals surface area contributed by atoms with Crippen molar-refractivity contribution in [1.82, 2.24) is 10.6 Å². The Kier molecular flexibility index (Phi) is 5.05. The van der Waals surface area contributed by atoms with Gasteiger partial charge in [-0.2, -0.15) is 0 Å². The maximum absolute atomic E-state index is 11.6. The minimum atomic E-state index is -0.498. The number of carbonyl (C=O) groups excluding carboxylic acids is 1. The topological polar surface area (TPSA) is 84.3 Å². The van der Waals surface area contributed by atoms with Gasteiger partial charge >= 0.3 is 5.00 Å². The second-order valence-corrected chi connectivity index (χ2v) is 4.82. The summed E-state index contributed by atoms with van der Waals surface area (Å²) < 4.78 is 0. The summed E-state index contributed by atoms with van der Waals surface area (Å²) in [6, 6.07) is 3.18. The number of nitrogens with zero attached hydrogens (tertiary/aromatic N) is 1. The number of carbonyl (C=O) groups is 1. The van der Waals surface area contributed by atoms with Gasteiger partial charge in [-0.1, -0.05) is 25.2 Å². The number of nitrogens with one attached hydrogen (secondary N) is 2. The zero-order valence-corrected chi connectivity index (χ0v) is 10.5. The summed E-state index contributed by atoms with van der Waals surface area (Å²) in [6.07, 6.45) is 0. The van der Waals surface area contributed by atoms with Crippen molar-refractivity contribution in [3.63, 3.8) is 0 Å². The van der Waals surface area contributed by atoms with Crippen LogP contribution in [0.25, 0.3) is 0 Å². The zero-order valence-electron chi connectivity index (χ0n) is 9.73. The van der Waals surface area contributed by atoms with Gasteiger partial charge in [-0.25, -0.2) is 0 Å². The molecule has 6 nitrogen and oxygen atoms in total. The molecule has 7 heteroatoms. The molecule has 0 spiro atoms. The molecule has 0 aliphatic heterocycles. The van der Waals surface area contributed by atoms with Crippen LogP contribution in [0.3, 0.4) is 0 Å². The van der Waals surface area contributed by atoms with E-state index in [-0.39, 0.29) is 10.9 Å². The van der Waals surface area contributed by atoms with Crippen molar-refractivity contribution < 1.29 is 9.72 Å². The highest BCUT2D eigenvalue weighted by Gasteiger charge is 2.14. The smallest absolute Gasteiger partial charge is 0.324 e. The summed E-state index contributed by atoms with van der Waals surface area (Å²) >= 11 is 0.882. The normalized spacial score (nSPS) is 10.5. The molecule has 1 amide bonds. The van der Waals surface area contributed by atoms with Crippen LogP contribution in [0.5, 0.6) is 0 Å². The maximum Gasteiger partial charge on any atom is 0.324 e. The molecule has 0 fully saturated rings. The molecule has 2 N–H and O–H groups in total. The number of rotatable bonds is 6. The van der Waals surface area contributed by atoms with Gasteiger partial charge in [0.15, 0.2) is 0 Å². The van der Waals surface area contributed by atoms with E-state index in [4.69, 9.17) is 0 Å². The molecular formula is C10H15N3O3S. The lowest BCUT2D eigenvalue weighted by atomic mass is 10.4. The van der Waals surface area contributed by atoms with Crippen LogP contribution < -0.4 is 10.6 Å². The van der Waals surface area contributed by atoms with Gasteiger partial charge in [0, 0.05) is 25.2 Å². The van der Waals surface area contributed by atoms with Crippen LogP contribution in [0.2, 0.25) is 0 Å². The molecule has 0 saturated heterocycles. The molecule has 1 aromatic rings. The van der Waals surface area contributed by atoms with Crippen LogP contribution in [0.15, 0.2) is 12.1 Å². The van der Waals surface area contributed by atoms with Gasteiger partial charge in [-0.15, -0.1) is 0 Å². The molecule has 0 aromatic carbocycles. The minimum absolute atomic E-state index is 0.0181. The first kappa shape index (κ1) is 13.6. The van der Waals surface area contributed by atoms with E-state index < -0.39 is 4.92 Å². The van der Waals surface area contributed by atoms with E-state index in [0.29, 0.717) is 24.0 Å². The predicted molar refractivity (Wildman–Crippen MR) is 66.4 cm³/mol. The van der Waals surface area contributed by atoms with Crippen molar-refractivity contribution in [2.45, 2.75) is 19.9 Å². The molecule has 0 unspecified atom stereocenters. The van der Waals surface area contributed by atoms with Crippen LogP contribution in [0.4, 0.5) is 5.00 Å². The summed E-state index contributed by atoms with van der Waals surface area (Å²) in [5.74, 6) is -0.270. The molecule has 0 aliphatic rings. The fourth-order valence-electron chi connectivity index (χ4n) is 1.17. The minimum Gasteiger partial charge on any atom is -0.350 e. The molecule has 1 rings (SSSR count). The molecule has 0 atom stereocenters. The predicted octanol–water partition coefficient (Wildman–Crippen LogP) is 1.38. The lowest BCUT2D eigenvalue weighted by Crippen LogP contribution is -2.34. The van der Waals surface area contributed by atoms with E-state index in [1.165, 1.54) is 12.1 Å². The highest BCUT2D eigenvalue weighted by molar-refractivity contribution is 7.17. The number of hydrogen-bond acceptors (Lipinski definition) is 5. The molecule has 1 heterocycles. The number of nitro groups is 1. The Labute approximate surface area is 103 Å². The highest BCUT2D eigenvalue weighted by atomic mass is 32.1. The summed E-state index contributed by atoms with van der Waals surface area (Å²) in [5, 5.41) is 16.3. The van der Waals surface area contributed by atoms with E-state index >= 15 is 0 Å². The van der Waals surface area contributed by atoms with Crippen molar-refractivity contribution in [3.05, 3.63) is 27.1 Å². The van der Waals surface area contributed by atoms with Crippen molar-refractivity contribution in [3.8, 4) is 0 Å². The third kappa shape index (κ3) is 4.49. The Balaban J connectivity index is 2.39. The molecular weight excluding hydrogens is 242 g/mol. The fourth-order valence-corrected chi connectivity index (χ4v) is 1.91. The molecule has 1 aromatic heterocycles. The van der Waals surface area contributed by atoms with Crippen molar-refractivity contribution >= 4 is 22.2 Å². The van der Waals surface area contributed by atoms with Crippen molar-refractivity contribution in [2.75, 3.05) is 13.1 Å². The standard InChI is InChI=1S/C10H15N3O3S/c1-7(2)11-5-6-12-10(14)8-3-4-9(17-8)13(15)16/h3-4,7,11H,5-6H2,1-2H3,(H,12,14). The lowest BCUT2D eigenvalue weighted by Gasteiger charge is -2.08. The van der Waals surface area contributed by atoms with Crippen molar-refractivity contribution in [2.24, 2.45) is 0 Å². The van der Waals surface area contributed by atoms with Crippen LogP contribution in [-0.2, 0) is 0 Å². The van der Waals surface area contributed by atoms with E-state index in [2.05, 4.69) is 10.6 Å². The Hall–Kier alpha value is -1.47. The SMILES string of the molecule is CC(C)NCCNC(=O)c1ccc([N+](=O)[O-])s1. The number of amides is 1. The molecule has 0 saturated carbocycles. The molecule has 0 aliphatic carbocycles. The largest absolute Gasteiger partial charge is 0.350 e. The average Bonchev–Trinajstić information content (AvgIpc) is 2.73. The number of thiophene rings is 1. The third-order valence-corrected chi connectivity index (χ3v) is 2.99. The first-order valence-electron chi connectivity index (χ1n) is 5.26. The van der Waals surface area contributed by atoms with Gasteiger partial charge in [0.2, 0.25) is 0 Å². The van der Waals surface area contributed by atoms with E-state index in [1.807, 2.05) is 13.8 Å². The molecule has 94 valence electrons. The van der Waals surface area contributed by atoms with Crippen LogP contribution >= 0.6 is 11.3 Å². The van der Waals surface area contributed by atoms with Gasteiger partial charge < -0.3 is 10.6 Å². The Bertz CT molecular complexity index is 403. The summed E-state index contributed by atoms with van der Waals surface area (Å²) in [6.45, 7) is 5.22. The van der Waals surface area contributed by atoms with E-state index in [1.54, 1.807) is 0 Å². The zero-order chi connectivity index (χ0) is 12.8. The number of hydrogen-bond donors (Lipinski definition) is 2. The second-order valence-electron chi connectivity index (χ2n) is 3.76. The monoisotopic (exact) mass is 257 g/mol. The summed E-state index contributed by atoms with van der Waals surface area (Å²) in [7, 11) is 0. The maximum atomic E-state index is 11.6. The van der Waals surface area contributed by atoms with Crippen molar-refractivity contribution in [1.29, 1.82) is 0 Å². The fraction of sp³-hybridized carbons (Fsp3) is 0.500. The quantitative estimate of drug-likeness (QED) is 0.458. The molecule has 17 heavy (non-hydrogen) atoms. The first-order valence-corrected chi connectivity index (χ1v) is 6.08. The Morgan fingerprint density at radius 2 is 2.18 bits per heavy atom. The lowest BCUT2D eigenvalue weighted by molar-refractivity contribution is -0.380. The molecule has 0 bridgehead atoms. The van der Waals surface area contributed by atoms with Crippen LogP contribution in [-0.4, -0.2) is 30.0 Å². The van der Waals surface area contributed by atoms with Gasteiger partial charge in [-0.05, 0) is 6.07 Å².